The summed E-state index contributed by atoms with van der Waals surface area (Å²) in [6, 6.07) is 12.5. The molecule has 11 heteroatoms. The molecule has 3 rings (SSSR count). The van der Waals surface area contributed by atoms with Crippen molar-refractivity contribution < 1.29 is 13.9 Å². The third-order valence-electron chi connectivity index (χ3n) is 3.64. The number of nitriles is 1. The summed E-state index contributed by atoms with van der Waals surface area (Å²) in [4.78, 5) is 12.2. The van der Waals surface area contributed by atoms with Crippen LogP contribution in [0.2, 0.25) is 5.02 Å². The predicted octanol–water partition coefficient (Wildman–Crippen LogP) is 2.97. The first-order valence-corrected chi connectivity index (χ1v) is 9.53. The van der Waals surface area contributed by atoms with Gasteiger partial charge in [0, 0.05) is 5.02 Å². The predicted molar refractivity (Wildman–Crippen MR) is 106 cm³/mol. The van der Waals surface area contributed by atoms with E-state index in [0.717, 1.165) is 11.8 Å². The molecule has 2 aromatic carbocycles. The minimum Gasteiger partial charge on any atom is -0.482 e. The number of anilines is 1. The number of nitrogens with two attached hydrogens (primary N) is 1. The molecule has 1 amide bonds. The molecule has 0 aliphatic heterocycles. The van der Waals surface area contributed by atoms with Crippen molar-refractivity contribution in [2.45, 2.75) is 11.8 Å². The molecule has 1 aromatic heterocycles. The molecule has 0 unspecified atom stereocenters. The minimum absolute atomic E-state index is 0.0269. The zero-order valence-corrected chi connectivity index (χ0v) is 16.4. The maximum Gasteiger partial charge on any atom is 0.234 e. The Morgan fingerprint density at radius 2 is 2.14 bits per heavy atom. The third-order valence-corrected chi connectivity index (χ3v) is 4.82. The van der Waals surface area contributed by atoms with Gasteiger partial charge in [0.15, 0.2) is 17.4 Å². The van der Waals surface area contributed by atoms with Crippen LogP contribution >= 0.6 is 23.4 Å². The molecular formula is C18H14ClFN6O2S. The van der Waals surface area contributed by atoms with Crippen LogP contribution in [0.25, 0.3) is 0 Å². The van der Waals surface area contributed by atoms with Gasteiger partial charge in [-0.25, -0.2) is 9.07 Å². The zero-order chi connectivity index (χ0) is 20.8. The number of nitrogen functional groups attached to an aromatic ring is 1. The first-order chi connectivity index (χ1) is 14.0. The Labute approximate surface area is 174 Å². The second kappa shape index (κ2) is 9.27. The average Bonchev–Trinajstić information content (AvgIpc) is 3.05. The molecule has 0 spiro atoms. The van der Waals surface area contributed by atoms with Gasteiger partial charge in [-0.05, 0) is 30.3 Å². The number of rotatable bonds is 7. The number of ether oxygens (including phenoxy) is 1. The van der Waals surface area contributed by atoms with E-state index in [4.69, 9.17) is 27.4 Å². The van der Waals surface area contributed by atoms with Gasteiger partial charge >= 0.3 is 0 Å². The van der Waals surface area contributed by atoms with Gasteiger partial charge in [-0.1, -0.05) is 35.5 Å². The van der Waals surface area contributed by atoms with Gasteiger partial charge in [-0.2, -0.15) is 5.26 Å². The number of benzene rings is 2. The minimum atomic E-state index is -0.500. The van der Waals surface area contributed by atoms with Crippen LogP contribution in [0.15, 0.2) is 47.6 Å². The van der Waals surface area contributed by atoms with Crippen molar-refractivity contribution >= 4 is 35.0 Å². The Bertz CT molecular complexity index is 1080. The largest absolute Gasteiger partial charge is 0.482 e. The Morgan fingerprint density at radius 1 is 1.34 bits per heavy atom. The second-order valence-electron chi connectivity index (χ2n) is 5.63. The van der Waals surface area contributed by atoms with E-state index in [2.05, 4.69) is 15.5 Å². The normalized spacial score (nSPS) is 10.4. The summed E-state index contributed by atoms with van der Waals surface area (Å²) in [5.41, 5.74) is 0.612. The van der Waals surface area contributed by atoms with E-state index < -0.39 is 5.82 Å². The molecule has 0 aliphatic rings. The topological polar surface area (TPSA) is 119 Å². The Morgan fingerprint density at radius 3 is 2.90 bits per heavy atom. The van der Waals surface area contributed by atoms with Crippen LogP contribution in [0.4, 0.5) is 10.1 Å². The molecule has 3 N–H and O–H groups in total. The van der Waals surface area contributed by atoms with E-state index in [1.54, 1.807) is 18.2 Å². The van der Waals surface area contributed by atoms with E-state index in [0.29, 0.717) is 16.3 Å². The molecule has 0 bridgehead atoms. The van der Waals surface area contributed by atoms with Gasteiger partial charge in [0.1, 0.15) is 12.7 Å². The lowest BCUT2D eigenvalue weighted by Crippen LogP contribution is -2.18. The van der Waals surface area contributed by atoms with Crippen molar-refractivity contribution in [2.75, 3.05) is 16.9 Å². The third kappa shape index (κ3) is 5.16. The fourth-order valence-electron chi connectivity index (χ4n) is 2.24. The van der Waals surface area contributed by atoms with Crippen molar-refractivity contribution in [1.82, 2.24) is 14.9 Å². The number of nitrogens with one attached hydrogen (secondary N) is 1. The highest BCUT2D eigenvalue weighted by atomic mass is 35.5. The lowest BCUT2D eigenvalue weighted by atomic mass is 10.2. The molecule has 0 atom stereocenters. The molecule has 8 nitrogen and oxygen atoms in total. The second-order valence-corrected chi connectivity index (χ2v) is 7.01. The van der Waals surface area contributed by atoms with Crippen molar-refractivity contribution in [3.05, 3.63) is 64.7 Å². The van der Waals surface area contributed by atoms with Gasteiger partial charge < -0.3 is 15.9 Å². The van der Waals surface area contributed by atoms with Crippen LogP contribution < -0.4 is 15.9 Å². The molecule has 0 saturated heterocycles. The summed E-state index contributed by atoms with van der Waals surface area (Å²) in [6.07, 6.45) is 0. The summed E-state index contributed by atoms with van der Waals surface area (Å²) < 4.78 is 20.1. The van der Waals surface area contributed by atoms with Crippen molar-refractivity contribution in [1.29, 1.82) is 5.26 Å². The van der Waals surface area contributed by atoms with Gasteiger partial charge in [0.25, 0.3) is 0 Å². The SMILES string of the molecule is N#Cc1ccc(Cl)cc1NC(=O)CSc1nnc(COc2ccccc2F)n1N. The number of aromatic nitrogens is 3. The lowest BCUT2D eigenvalue weighted by Gasteiger charge is -2.08. The summed E-state index contributed by atoms with van der Waals surface area (Å²) in [5, 5.41) is 20.2. The number of halogens is 2. The molecule has 1 heterocycles. The van der Waals surface area contributed by atoms with E-state index in [-0.39, 0.29) is 35.0 Å². The number of hydrogen-bond donors (Lipinski definition) is 2. The summed E-state index contributed by atoms with van der Waals surface area (Å²) in [5.74, 6) is 5.34. The Kier molecular flexibility index (Phi) is 6.54. The first-order valence-electron chi connectivity index (χ1n) is 8.17. The van der Waals surface area contributed by atoms with Crippen LogP contribution in [0.5, 0.6) is 5.75 Å². The van der Waals surface area contributed by atoms with E-state index >= 15 is 0 Å². The number of nitrogens with zero attached hydrogens (tertiary/aromatic N) is 4. The fourth-order valence-corrected chi connectivity index (χ4v) is 3.09. The molecular weight excluding hydrogens is 419 g/mol. The Hall–Kier alpha value is -3.29. The Balaban J connectivity index is 1.58. The van der Waals surface area contributed by atoms with E-state index in [9.17, 15) is 9.18 Å². The monoisotopic (exact) mass is 432 g/mol. The van der Waals surface area contributed by atoms with Crippen molar-refractivity contribution in [3.8, 4) is 11.8 Å². The molecule has 29 heavy (non-hydrogen) atoms. The van der Waals surface area contributed by atoms with E-state index in [1.807, 2.05) is 6.07 Å². The number of para-hydroxylation sites is 1. The maximum absolute atomic E-state index is 13.6. The molecule has 0 aliphatic carbocycles. The van der Waals surface area contributed by atoms with Crippen LogP contribution in [0.1, 0.15) is 11.4 Å². The molecule has 0 saturated carbocycles. The number of carbonyl (C=O) groups excluding carboxylic acids is 1. The maximum atomic E-state index is 13.6. The highest BCUT2D eigenvalue weighted by Crippen LogP contribution is 2.22. The van der Waals surface area contributed by atoms with Crippen LogP contribution in [0.3, 0.4) is 0 Å². The molecule has 0 fully saturated rings. The molecule has 3 aromatic rings. The number of amides is 1. The van der Waals surface area contributed by atoms with Crippen molar-refractivity contribution in [3.63, 3.8) is 0 Å². The van der Waals surface area contributed by atoms with E-state index in [1.165, 1.54) is 28.9 Å². The quantitative estimate of drug-likeness (QED) is 0.435. The zero-order valence-electron chi connectivity index (χ0n) is 14.8. The molecule has 0 radical (unpaired) electrons. The highest BCUT2D eigenvalue weighted by molar-refractivity contribution is 7.99. The number of carbonyl (C=O) groups is 1. The highest BCUT2D eigenvalue weighted by Gasteiger charge is 2.14. The summed E-state index contributed by atoms with van der Waals surface area (Å²) in [6.45, 7) is -0.0920. The smallest absolute Gasteiger partial charge is 0.234 e. The number of hydrogen-bond acceptors (Lipinski definition) is 7. The first kappa shape index (κ1) is 20.4. The van der Waals surface area contributed by atoms with Gasteiger partial charge in [-0.3, -0.25) is 4.79 Å². The summed E-state index contributed by atoms with van der Waals surface area (Å²) in [7, 11) is 0. The fraction of sp³-hybridized carbons (Fsp3) is 0.111. The average molecular weight is 433 g/mol. The molecule has 148 valence electrons. The van der Waals surface area contributed by atoms with Gasteiger partial charge in [0.05, 0.1) is 17.0 Å². The number of thioether (sulfide) groups is 1. The van der Waals surface area contributed by atoms with Gasteiger partial charge in [0.2, 0.25) is 11.1 Å². The van der Waals surface area contributed by atoms with Crippen LogP contribution in [-0.4, -0.2) is 26.5 Å². The van der Waals surface area contributed by atoms with Gasteiger partial charge in [-0.15, -0.1) is 10.2 Å². The van der Waals surface area contributed by atoms with Crippen molar-refractivity contribution in [2.24, 2.45) is 0 Å². The standard InChI is InChI=1S/C18H14ClFN6O2S/c19-12-6-5-11(8-21)14(7-12)23-17(27)10-29-18-25-24-16(26(18)22)9-28-15-4-2-1-3-13(15)20/h1-7H,9-10,22H2,(H,23,27). The lowest BCUT2D eigenvalue weighted by molar-refractivity contribution is -0.113. The van der Waals surface area contributed by atoms with Crippen LogP contribution in [0, 0.1) is 17.1 Å². The van der Waals surface area contributed by atoms with Crippen LogP contribution in [-0.2, 0) is 11.4 Å². The summed E-state index contributed by atoms with van der Waals surface area (Å²) >= 11 is 6.94.